The summed E-state index contributed by atoms with van der Waals surface area (Å²) in [5.74, 6) is 0. The van der Waals surface area contributed by atoms with Crippen molar-refractivity contribution in [2.75, 3.05) is 31.2 Å². The van der Waals surface area contributed by atoms with Crippen LogP contribution in [0.15, 0.2) is 24.3 Å². The molecule has 0 atom stereocenters. The Morgan fingerprint density at radius 1 is 0.917 bits per heavy atom. The molecule has 1 aromatic carbocycles. The van der Waals surface area contributed by atoms with E-state index in [1.165, 1.54) is 5.56 Å². The Kier molecular flexibility index (Phi) is 8.47. The van der Waals surface area contributed by atoms with Gasteiger partial charge in [-0.1, -0.05) is 59.2 Å². The highest BCUT2D eigenvalue weighted by molar-refractivity contribution is 6.77. The topological polar surface area (TPSA) is 32.7 Å². The molecule has 0 radical (unpaired) electrons. The fourth-order valence-electron chi connectivity index (χ4n) is 4.08. The number of aryl methyl sites for hydroxylation is 1. The van der Waals surface area contributed by atoms with Gasteiger partial charge in [-0.25, -0.2) is 0 Å². The van der Waals surface area contributed by atoms with Crippen molar-refractivity contribution in [1.29, 1.82) is 0 Å². The number of hydrogen-bond donors (Lipinski definition) is 1. The Bertz CT molecular complexity index is 449. The number of nitrogens with zero attached hydrogens (tertiary/aromatic N) is 1. The average molecular weight is 352 g/mol. The van der Waals surface area contributed by atoms with Crippen LogP contribution in [0.5, 0.6) is 0 Å². The van der Waals surface area contributed by atoms with Crippen molar-refractivity contribution in [3.63, 3.8) is 0 Å². The van der Waals surface area contributed by atoms with Gasteiger partial charge in [-0.05, 0) is 35.7 Å². The molecular weight excluding hydrogens is 314 g/mol. The Labute approximate surface area is 150 Å². The zero-order valence-electron chi connectivity index (χ0n) is 16.7. The Morgan fingerprint density at radius 3 is 1.83 bits per heavy atom. The fourth-order valence-corrected chi connectivity index (χ4v) is 9.52. The number of hydrogen-bond acceptors (Lipinski definition) is 3. The summed E-state index contributed by atoms with van der Waals surface area (Å²) < 4.78 is 6.65. The van der Waals surface area contributed by atoms with Crippen LogP contribution in [0.3, 0.4) is 0 Å². The standard InChI is InChI=1S/C20H37NO2Si/c1-16(2)24(17(3)4,18(5)6)23-15-13-21(12-14-22)20-10-8-19(7)9-11-20/h8-11,16-18,22H,12-15H2,1-7H3. The van der Waals surface area contributed by atoms with E-state index in [-0.39, 0.29) is 6.61 Å². The summed E-state index contributed by atoms with van der Waals surface area (Å²) in [6.07, 6.45) is 0. The van der Waals surface area contributed by atoms with Crippen molar-refractivity contribution in [3.8, 4) is 0 Å². The molecule has 0 amide bonds. The zero-order valence-corrected chi connectivity index (χ0v) is 17.7. The SMILES string of the molecule is Cc1ccc(N(CCO)CCO[Si](C(C)C)(C(C)C)C(C)C)cc1. The van der Waals surface area contributed by atoms with E-state index >= 15 is 0 Å². The van der Waals surface area contributed by atoms with E-state index in [1.54, 1.807) is 0 Å². The van der Waals surface area contributed by atoms with Gasteiger partial charge in [0.1, 0.15) is 0 Å². The number of anilines is 1. The highest BCUT2D eigenvalue weighted by Crippen LogP contribution is 2.42. The summed E-state index contributed by atoms with van der Waals surface area (Å²) in [6.45, 7) is 18.4. The van der Waals surface area contributed by atoms with E-state index in [9.17, 15) is 5.11 Å². The molecule has 0 spiro atoms. The van der Waals surface area contributed by atoms with Crippen molar-refractivity contribution < 1.29 is 9.53 Å². The summed E-state index contributed by atoms with van der Waals surface area (Å²) in [5.41, 5.74) is 4.21. The van der Waals surface area contributed by atoms with E-state index in [4.69, 9.17) is 4.43 Å². The summed E-state index contributed by atoms with van der Waals surface area (Å²) in [5, 5.41) is 9.40. The van der Waals surface area contributed by atoms with Crippen molar-refractivity contribution >= 4 is 14.0 Å². The molecular formula is C20H37NO2Si. The van der Waals surface area contributed by atoms with Gasteiger partial charge in [0, 0.05) is 18.8 Å². The smallest absolute Gasteiger partial charge is 0.200 e. The number of rotatable bonds is 10. The third-order valence-corrected chi connectivity index (χ3v) is 11.3. The third-order valence-electron chi connectivity index (χ3n) is 5.19. The van der Waals surface area contributed by atoms with Gasteiger partial charge in [-0.2, -0.15) is 0 Å². The minimum absolute atomic E-state index is 0.162. The second-order valence-electron chi connectivity index (χ2n) is 7.71. The van der Waals surface area contributed by atoms with E-state index in [0.717, 1.165) is 18.8 Å². The first kappa shape index (κ1) is 21.2. The van der Waals surface area contributed by atoms with Crippen LogP contribution >= 0.6 is 0 Å². The van der Waals surface area contributed by atoms with E-state index in [1.807, 2.05) is 0 Å². The van der Waals surface area contributed by atoms with Gasteiger partial charge in [0.05, 0.1) is 13.2 Å². The molecule has 3 nitrogen and oxygen atoms in total. The average Bonchev–Trinajstić information content (AvgIpc) is 2.50. The van der Waals surface area contributed by atoms with E-state index < -0.39 is 8.32 Å². The molecule has 0 fully saturated rings. The molecule has 24 heavy (non-hydrogen) atoms. The molecule has 1 N–H and O–H groups in total. The lowest BCUT2D eigenvalue weighted by molar-refractivity contribution is 0.272. The van der Waals surface area contributed by atoms with Gasteiger partial charge < -0.3 is 14.4 Å². The maximum atomic E-state index is 9.40. The molecule has 138 valence electrons. The minimum Gasteiger partial charge on any atom is -0.414 e. The first-order valence-corrected chi connectivity index (χ1v) is 11.5. The van der Waals surface area contributed by atoms with Crippen LogP contribution in [-0.2, 0) is 4.43 Å². The predicted molar refractivity (Wildman–Crippen MR) is 107 cm³/mol. The number of aliphatic hydroxyl groups excluding tert-OH is 1. The molecule has 0 unspecified atom stereocenters. The normalized spacial score (nSPS) is 12.5. The molecule has 0 heterocycles. The van der Waals surface area contributed by atoms with Gasteiger partial charge in [-0.15, -0.1) is 0 Å². The van der Waals surface area contributed by atoms with Crippen molar-refractivity contribution in [1.82, 2.24) is 0 Å². The first-order valence-electron chi connectivity index (χ1n) is 9.32. The Hall–Kier alpha value is -0.843. The maximum absolute atomic E-state index is 9.40. The molecule has 4 heteroatoms. The lowest BCUT2D eigenvalue weighted by Crippen LogP contribution is -2.49. The Balaban J connectivity index is 2.80. The summed E-state index contributed by atoms with van der Waals surface area (Å²) in [7, 11) is -1.82. The van der Waals surface area contributed by atoms with Gasteiger partial charge in [0.25, 0.3) is 0 Å². The van der Waals surface area contributed by atoms with Crippen molar-refractivity contribution in [2.24, 2.45) is 0 Å². The third kappa shape index (κ3) is 5.07. The molecule has 0 saturated carbocycles. The first-order chi connectivity index (χ1) is 11.3. The molecule has 0 aliphatic rings. The fraction of sp³-hybridized carbons (Fsp3) is 0.700. The highest BCUT2D eigenvalue weighted by atomic mass is 28.4. The van der Waals surface area contributed by atoms with Gasteiger partial charge >= 0.3 is 0 Å². The Morgan fingerprint density at radius 2 is 1.42 bits per heavy atom. The van der Waals surface area contributed by atoms with Gasteiger partial charge in [0.2, 0.25) is 0 Å². The minimum atomic E-state index is -1.82. The van der Waals surface area contributed by atoms with Crippen LogP contribution in [0.25, 0.3) is 0 Å². The quantitative estimate of drug-likeness (QED) is 0.603. The van der Waals surface area contributed by atoms with Gasteiger partial charge in [0.15, 0.2) is 8.32 Å². The molecule has 0 aliphatic carbocycles. The van der Waals surface area contributed by atoms with Crippen LogP contribution in [-0.4, -0.2) is 39.7 Å². The molecule has 0 saturated heterocycles. The molecule has 0 bridgehead atoms. The molecule has 0 aromatic heterocycles. The highest BCUT2D eigenvalue weighted by Gasteiger charge is 2.44. The van der Waals surface area contributed by atoms with Crippen LogP contribution in [0, 0.1) is 6.92 Å². The van der Waals surface area contributed by atoms with Crippen molar-refractivity contribution in [3.05, 3.63) is 29.8 Å². The summed E-state index contributed by atoms with van der Waals surface area (Å²) >= 11 is 0. The second kappa shape index (κ2) is 9.59. The largest absolute Gasteiger partial charge is 0.414 e. The lowest BCUT2D eigenvalue weighted by Gasteiger charge is -2.42. The lowest BCUT2D eigenvalue weighted by atomic mass is 10.2. The molecule has 1 aromatic rings. The molecule has 0 aliphatic heterocycles. The number of aliphatic hydroxyl groups is 1. The zero-order chi connectivity index (χ0) is 18.3. The van der Waals surface area contributed by atoms with Crippen LogP contribution < -0.4 is 4.90 Å². The van der Waals surface area contributed by atoms with Gasteiger partial charge in [-0.3, -0.25) is 0 Å². The summed E-state index contributed by atoms with van der Waals surface area (Å²) in [6, 6.07) is 8.50. The van der Waals surface area contributed by atoms with Crippen molar-refractivity contribution in [2.45, 2.75) is 65.1 Å². The van der Waals surface area contributed by atoms with Crippen LogP contribution in [0.4, 0.5) is 5.69 Å². The van der Waals surface area contributed by atoms with E-state index in [2.05, 4.69) is 77.6 Å². The maximum Gasteiger partial charge on any atom is 0.200 e. The number of benzene rings is 1. The summed E-state index contributed by atoms with van der Waals surface area (Å²) in [4.78, 5) is 2.22. The monoisotopic (exact) mass is 351 g/mol. The second-order valence-corrected chi connectivity index (χ2v) is 13.2. The molecule has 1 rings (SSSR count). The van der Waals surface area contributed by atoms with Crippen LogP contribution in [0.2, 0.25) is 16.6 Å². The predicted octanol–water partition coefficient (Wildman–Crippen LogP) is 4.99. The van der Waals surface area contributed by atoms with E-state index in [0.29, 0.717) is 23.2 Å². The van der Waals surface area contributed by atoms with Crippen LogP contribution in [0.1, 0.15) is 47.1 Å².